The van der Waals surface area contributed by atoms with Crippen molar-refractivity contribution in [1.82, 2.24) is 9.80 Å². The molecule has 0 spiro atoms. The zero-order valence-electron chi connectivity index (χ0n) is 19.5. The molecule has 178 valence electrons. The van der Waals surface area contributed by atoms with E-state index in [2.05, 4.69) is 0 Å². The van der Waals surface area contributed by atoms with E-state index in [4.69, 9.17) is 18.9 Å². The summed E-state index contributed by atoms with van der Waals surface area (Å²) in [7, 11) is 2.71. The second kappa shape index (κ2) is 11.7. The van der Waals surface area contributed by atoms with Gasteiger partial charge in [-0.1, -0.05) is 30.3 Å². The fourth-order valence-corrected chi connectivity index (χ4v) is 3.31. The fraction of sp³-hybridized carbons (Fsp3) is 0.609. The van der Waals surface area contributed by atoms with Crippen molar-refractivity contribution in [2.24, 2.45) is 0 Å². The number of nitrogens with zero attached hydrogens (tertiary/aromatic N) is 2. The van der Waals surface area contributed by atoms with Gasteiger partial charge in [0, 0.05) is 13.6 Å². The summed E-state index contributed by atoms with van der Waals surface area (Å²) in [6.07, 6.45) is 0.579. The molecule has 0 bridgehead atoms. The Kier molecular flexibility index (Phi) is 9.31. The zero-order valence-corrected chi connectivity index (χ0v) is 19.5. The molecule has 9 heteroatoms. The molecule has 1 heterocycles. The molecule has 1 aliphatic rings. The predicted molar refractivity (Wildman–Crippen MR) is 117 cm³/mol. The van der Waals surface area contributed by atoms with Gasteiger partial charge in [0.1, 0.15) is 12.2 Å². The zero-order chi connectivity index (χ0) is 23.7. The van der Waals surface area contributed by atoms with Gasteiger partial charge in [0.2, 0.25) is 0 Å². The van der Waals surface area contributed by atoms with Crippen molar-refractivity contribution >= 4 is 18.2 Å². The maximum Gasteiger partial charge on any atom is 0.410 e. The Morgan fingerprint density at radius 3 is 2.50 bits per heavy atom. The molecule has 1 fully saturated rings. The van der Waals surface area contributed by atoms with E-state index in [-0.39, 0.29) is 32.0 Å². The third-order valence-electron chi connectivity index (χ3n) is 5.02. The van der Waals surface area contributed by atoms with Crippen LogP contribution in [0.3, 0.4) is 0 Å². The summed E-state index contributed by atoms with van der Waals surface area (Å²) >= 11 is 0. The monoisotopic (exact) mass is 450 g/mol. The number of methoxy groups -OCH3 is 1. The van der Waals surface area contributed by atoms with Crippen LogP contribution < -0.4 is 0 Å². The number of carbonyl (C=O) groups is 3. The quantitative estimate of drug-likeness (QED) is 0.443. The van der Waals surface area contributed by atoms with Crippen LogP contribution in [-0.4, -0.2) is 79.6 Å². The van der Waals surface area contributed by atoms with E-state index in [9.17, 15) is 14.4 Å². The van der Waals surface area contributed by atoms with E-state index in [1.807, 2.05) is 51.1 Å². The molecule has 32 heavy (non-hydrogen) atoms. The molecule has 1 aromatic rings. The summed E-state index contributed by atoms with van der Waals surface area (Å²) < 4.78 is 21.3. The first-order valence-electron chi connectivity index (χ1n) is 10.7. The number of ether oxygens (including phenoxy) is 4. The number of hydrogen-bond donors (Lipinski definition) is 0. The third kappa shape index (κ3) is 7.71. The van der Waals surface area contributed by atoms with Crippen molar-refractivity contribution in [3.05, 3.63) is 35.9 Å². The normalized spacial score (nSPS) is 16.9. The van der Waals surface area contributed by atoms with Crippen LogP contribution in [-0.2, 0) is 30.3 Å². The average Bonchev–Trinajstić information content (AvgIpc) is 3.22. The van der Waals surface area contributed by atoms with Gasteiger partial charge in [0.05, 0.1) is 26.4 Å². The highest BCUT2D eigenvalue weighted by molar-refractivity contribution is 5.81. The topological polar surface area (TPSA) is 94.6 Å². The maximum absolute atomic E-state index is 12.4. The molecule has 1 aliphatic heterocycles. The lowest BCUT2D eigenvalue weighted by atomic mass is 10.2. The summed E-state index contributed by atoms with van der Waals surface area (Å²) in [6.45, 7) is 6.28. The van der Waals surface area contributed by atoms with Crippen LogP contribution in [0.4, 0.5) is 9.59 Å². The lowest BCUT2D eigenvalue weighted by Crippen LogP contribution is -2.47. The average molecular weight is 451 g/mol. The molecule has 0 unspecified atom stereocenters. The Bertz CT molecular complexity index is 763. The molecular weight excluding hydrogens is 416 g/mol. The van der Waals surface area contributed by atoms with Crippen LogP contribution in [0.25, 0.3) is 0 Å². The highest BCUT2D eigenvalue weighted by Gasteiger charge is 2.34. The van der Waals surface area contributed by atoms with Crippen molar-refractivity contribution in [2.75, 3.05) is 33.9 Å². The van der Waals surface area contributed by atoms with Crippen molar-refractivity contribution in [3.63, 3.8) is 0 Å². The second-order valence-corrected chi connectivity index (χ2v) is 8.70. The van der Waals surface area contributed by atoms with Crippen molar-refractivity contribution in [1.29, 1.82) is 0 Å². The molecule has 9 nitrogen and oxygen atoms in total. The van der Waals surface area contributed by atoms with Crippen LogP contribution in [0.15, 0.2) is 30.3 Å². The largest absolute Gasteiger partial charge is 0.467 e. The number of likely N-dealkylation sites (N-methyl/N-ethyl adjacent to an activating group) is 1. The van der Waals surface area contributed by atoms with Gasteiger partial charge < -0.3 is 23.8 Å². The van der Waals surface area contributed by atoms with Gasteiger partial charge >= 0.3 is 18.2 Å². The van der Waals surface area contributed by atoms with Gasteiger partial charge in [-0.3, -0.25) is 4.90 Å². The predicted octanol–water partition coefficient (Wildman–Crippen LogP) is 3.21. The summed E-state index contributed by atoms with van der Waals surface area (Å²) in [6, 6.07) is 8.12. The molecule has 2 rings (SSSR count). The van der Waals surface area contributed by atoms with Gasteiger partial charge in [0.15, 0.2) is 6.04 Å². The molecule has 2 atom stereocenters. The van der Waals surface area contributed by atoms with E-state index in [0.29, 0.717) is 6.54 Å². The van der Waals surface area contributed by atoms with Crippen LogP contribution in [0.5, 0.6) is 0 Å². The van der Waals surface area contributed by atoms with E-state index in [0.717, 1.165) is 23.3 Å². The van der Waals surface area contributed by atoms with Crippen molar-refractivity contribution in [2.45, 2.75) is 57.9 Å². The number of rotatable bonds is 8. The second-order valence-electron chi connectivity index (χ2n) is 8.70. The van der Waals surface area contributed by atoms with Crippen LogP contribution >= 0.6 is 0 Å². The van der Waals surface area contributed by atoms with Crippen molar-refractivity contribution in [3.8, 4) is 0 Å². The minimum absolute atomic E-state index is 0.0811. The van der Waals surface area contributed by atoms with Gasteiger partial charge in [0.25, 0.3) is 0 Å². The van der Waals surface area contributed by atoms with Crippen LogP contribution in [0, 0.1) is 0 Å². The number of amides is 2. The third-order valence-corrected chi connectivity index (χ3v) is 5.02. The smallest absolute Gasteiger partial charge is 0.410 e. The van der Waals surface area contributed by atoms with Crippen LogP contribution in [0.2, 0.25) is 0 Å². The SMILES string of the molecule is COC(=O)[C@H](COC[C@@H]1CCCN1C(=O)OC(C)(C)C)N(C)C(=O)OCc1ccccc1. The number of hydrogen-bond acceptors (Lipinski definition) is 7. The van der Waals surface area contributed by atoms with E-state index in [1.54, 1.807) is 4.90 Å². The summed E-state index contributed by atoms with van der Waals surface area (Å²) in [5.41, 5.74) is 0.257. The lowest BCUT2D eigenvalue weighted by molar-refractivity contribution is -0.148. The Balaban J connectivity index is 1.89. The van der Waals surface area contributed by atoms with Gasteiger partial charge in [-0.15, -0.1) is 0 Å². The molecule has 1 aromatic carbocycles. The lowest BCUT2D eigenvalue weighted by Gasteiger charge is -2.29. The highest BCUT2D eigenvalue weighted by Crippen LogP contribution is 2.21. The molecule has 0 saturated carbocycles. The molecule has 0 aliphatic carbocycles. The summed E-state index contributed by atoms with van der Waals surface area (Å²) in [5, 5.41) is 0. The summed E-state index contributed by atoms with van der Waals surface area (Å²) in [5.74, 6) is -0.611. The van der Waals surface area contributed by atoms with E-state index >= 15 is 0 Å². The standard InChI is InChI=1S/C23H34N2O7/c1-23(2,3)32-22(28)25-13-9-12-18(25)15-30-16-19(20(26)29-5)24(4)21(27)31-14-17-10-7-6-8-11-17/h6-8,10-11,18-19H,9,12-16H2,1-5H3/t18-,19-/m0/s1. The number of benzene rings is 1. The molecule has 0 aromatic heterocycles. The fourth-order valence-electron chi connectivity index (χ4n) is 3.31. The van der Waals surface area contributed by atoms with Gasteiger partial charge in [-0.05, 0) is 39.2 Å². The van der Waals surface area contributed by atoms with Gasteiger partial charge in [-0.25, -0.2) is 14.4 Å². The van der Waals surface area contributed by atoms with Crippen LogP contribution in [0.1, 0.15) is 39.2 Å². The Hall–Kier alpha value is -2.81. The van der Waals surface area contributed by atoms with E-state index < -0.39 is 23.7 Å². The minimum Gasteiger partial charge on any atom is -0.467 e. The Morgan fingerprint density at radius 2 is 1.88 bits per heavy atom. The molecule has 0 N–H and O–H groups in total. The molecule has 0 radical (unpaired) electrons. The summed E-state index contributed by atoms with van der Waals surface area (Å²) in [4.78, 5) is 39.9. The minimum atomic E-state index is -0.973. The maximum atomic E-state index is 12.4. The number of likely N-dealkylation sites (tertiary alicyclic amines) is 1. The first-order valence-corrected chi connectivity index (χ1v) is 10.7. The molecule has 2 amide bonds. The first kappa shape index (κ1) is 25.5. The Morgan fingerprint density at radius 1 is 1.19 bits per heavy atom. The number of carbonyl (C=O) groups excluding carboxylic acids is 3. The molecule has 1 saturated heterocycles. The van der Waals surface area contributed by atoms with Gasteiger partial charge in [-0.2, -0.15) is 0 Å². The first-order chi connectivity index (χ1) is 15.1. The Labute approximate surface area is 189 Å². The number of esters is 1. The van der Waals surface area contributed by atoms with E-state index in [1.165, 1.54) is 14.2 Å². The highest BCUT2D eigenvalue weighted by atomic mass is 16.6. The van der Waals surface area contributed by atoms with Crippen molar-refractivity contribution < 1.29 is 33.3 Å². The molecular formula is C23H34N2O7.